The molecule has 148 valence electrons. The van der Waals surface area contributed by atoms with Crippen LogP contribution in [0.3, 0.4) is 0 Å². The molecular formula is C22H31FN2O2. The highest BCUT2D eigenvalue weighted by molar-refractivity contribution is 5.88. The molecule has 1 aliphatic carbocycles. The monoisotopic (exact) mass is 374 g/mol. The summed E-state index contributed by atoms with van der Waals surface area (Å²) in [4.78, 5) is 16.0. The fourth-order valence-corrected chi connectivity index (χ4v) is 5.14. The average Bonchev–Trinajstić information content (AvgIpc) is 3.24. The van der Waals surface area contributed by atoms with Gasteiger partial charge in [0.05, 0.1) is 5.41 Å². The summed E-state index contributed by atoms with van der Waals surface area (Å²) >= 11 is 0. The third-order valence-electron chi connectivity index (χ3n) is 6.88. The molecule has 1 saturated carbocycles. The van der Waals surface area contributed by atoms with Gasteiger partial charge in [0.15, 0.2) is 0 Å². The van der Waals surface area contributed by atoms with Gasteiger partial charge in [-0.05, 0) is 56.2 Å². The molecule has 2 heterocycles. The van der Waals surface area contributed by atoms with Crippen LogP contribution in [0.1, 0.15) is 56.9 Å². The summed E-state index contributed by atoms with van der Waals surface area (Å²) in [5, 5.41) is 3.34. The molecule has 1 aromatic carbocycles. The number of hydrogen-bond acceptors (Lipinski definition) is 3. The molecule has 3 aliphatic rings. The fraction of sp³-hybridized carbons (Fsp3) is 0.682. The van der Waals surface area contributed by atoms with Gasteiger partial charge in [-0.25, -0.2) is 4.39 Å². The molecule has 4 nitrogen and oxygen atoms in total. The molecule has 3 fully saturated rings. The van der Waals surface area contributed by atoms with Gasteiger partial charge in [-0.15, -0.1) is 0 Å². The lowest BCUT2D eigenvalue weighted by atomic mass is 9.73. The number of nitrogens with one attached hydrogen (secondary N) is 1. The summed E-state index contributed by atoms with van der Waals surface area (Å²) in [6, 6.07) is 7.46. The molecular weight excluding hydrogens is 343 g/mol. The Hall–Kier alpha value is -1.46. The molecule has 5 heteroatoms. The number of halogens is 1. The summed E-state index contributed by atoms with van der Waals surface area (Å²) < 4.78 is 18.9. The third-order valence-corrected chi connectivity index (χ3v) is 6.88. The first-order chi connectivity index (χ1) is 13.2. The lowest BCUT2D eigenvalue weighted by molar-refractivity contribution is -0.131. The minimum Gasteiger partial charge on any atom is -0.381 e. The van der Waals surface area contributed by atoms with Crippen molar-refractivity contribution < 1.29 is 13.9 Å². The second-order valence-electron chi connectivity index (χ2n) is 8.42. The summed E-state index contributed by atoms with van der Waals surface area (Å²) in [6.07, 6.45) is 8.77. The Labute approximate surface area is 161 Å². The number of benzene rings is 1. The van der Waals surface area contributed by atoms with Crippen LogP contribution in [0.15, 0.2) is 24.3 Å². The van der Waals surface area contributed by atoms with Crippen LogP contribution < -0.4 is 5.32 Å². The minimum atomic E-state index is -0.589. The number of nitrogens with zero attached hydrogens (tertiary/aromatic N) is 1. The highest BCUT2D eigenvalue weighted by atomic mass is 19.1. The maximum atomic E-state index is 13.4. The first-order valence-corrected chi connectivity index (χ1v) is 10.6. The number of likely N-dealkylation sites (tertiary alicyclic amines) is 1. The zero-order valence-corrected chi connectivity index (χ0v) is 16.1. The molecule has 0 atom stereocenters. The number of amides is 1. The Morgan fingerprint density at radius 3 is 2.30 bits per heavy atom. The Balaban J connectivity index is 1.41. The summed E-state index contributed by atoms with van der Waals surface area (Å²) in [6.45, 7) is 3.32. The van der Waals surface area contributed by atoms with Gasteiger partial charge < -0.3 is 15.0 Å². The highest BCUT2D eigenvalue weighted by Gasteiger charge is 2.42. The van der Waals surface area contributed by atoms with Crippen LogP contribution in [0.25, 0.3) is 0 Å². The fourth-order valence-electron chi connectivity index (χ4n) is 5.14. The van der Waals surface area contributed by atoms with Gasteiger partial charge in [-0.1, -0.05) is 25.0 Å². The van der Waals surface area contributed by atoms with Crippen LogP contribution in [0, 0.1) is 5.82 Å². The molecule has 0 radical (unpaired) electrons. The lowest BCUT2D eigenvalue weighted by Crippen LogP contribution is -2.54. The zero-order chi connectivity index (χ0) is 18.7. The van der Waals surface area contributed by atoms with Crippen LogP contribution in [-0.2, 0) is 14.9 Å². The van der Waals surface area contributed by atoms with Crippen LogP contribution in [0.2, 0.25) is 0 Å². The van der Waals surface area contributed by atoms with Crippen LogP contribution in [0.5, 0.6) is 0 Å². The van der Waals surface area contributed by atoms with Crippen molar-refractivity contribution in [3.05, 3.63) is 35.6 Å². The predicted octanol–water partition coefficient (Wildman–Crippen LogP) is 3.40. The average molecular weight is 375 g/mol. The molecule has 2 aliphatic heterocycles. The van der Waals surface area contributed by atoms with E-state index in [0.717, 1.165) is 37.5 Å². The molecule has 0 spiro atoms. The predicted molar refractivity (Wildman–Crippen MR) is 103 cm³/mol. The molecule has 0 bridgehead atoms. The zero-order valence-electron chi connectivity index (χ0n) is 16.1. The summed E-state index contributed by atoms with van der Waals surface area (Å²) in [7, 11) is 0. The van der Waals surface area contributed by atoms with E-state index in [2.05, 4.69) is 10.2 Å². The van der Waals surface area contributed by atoms with E-state index in [1.807, 2.05) is 0 Å². The van der Waals surface area contributed by atoms with Gasteiger partial charge >= 0.3 is 0 Å². The third kappa shape index (κ3) is 4.04. The molecule has 0 aromatic heterocycles. The smallest absolute Gasteiger partial charge is 0.231 e. The van der Waals surface area contributed by atoms with Crippen LogP contribution >= 0.6 is 0 Å². The Kier molecular flexibility index (Phi) is 5.79. The quantitative estimate of drug-likeness (QED) is 0.878. The van der Waals surface area contributed by atoms with Crippen molar-refractivity contribution in [1.29, 1.82) is 0 Å². The van der Waals surface area contributed by atoms with Crippen molar-refractivity contribution in [2.45, 2.75) is 68.9 Å². The van der Waals surface area contributed by atoms with Crippen molar-refractivity contribution in [3.8, 4) is 0 Å². The van der Waals surface area contributed by atoms with E-state index < -0.39 is 5.41 Å². The van der Waals surface area contributed by atoms with E-state index in [9.17, 15) is 9.18 Å². The van der Waals surface area contributed by atoms with E-state index in [1.54, 1.807) is 12.1 Å². The molecule has 27 heavy (non-hydrogen) atoms. The van der Waals surface area contributed by atoms with E-state index in [-0.39, 0.29) is 17.8 Å². The van der Waals surface area contributed by atoms with Gasteiger partial charge in [0.2, 0.25) is 5.91 Å². The Bertz CT molecular complexity index is 628. The van der Waals surface area contributed by atoms with E-state index >= 15 is 0 Å². The minimum absolute atomic E-state index is 0.0942. The summed E-state index contributed by atoms with van der Waals surface area (Å²) in [5.41, 5.74) is 0.322. The van der Waals surface area contributed by atoms with Crippen LogP contribution in [0.4, 0.5) is 4.39 Å². The maximum Gasteiger partial charge on any atom is 0.231 e. The SMILES string of the molecule is O=C(NC1CCN(C2CCCC2)CC1)C1(c2ccc(F)cc2)CCOCC1. The van der Waals surface area contributed by atoms with Crippen LogP contribution in [-0.4, -0.2) is 49.2 Å². The number of hydrogen-bond donors (Lipinski definition) is 1. The first kappa shape index (κ1) is 18.9. The van der Waals surface area contributed by atoms with Gasteiger partial charge in [0, 0.05) is 38.4 Å². The molecule has 0 unspecified atom stereocenters. The molecule has 2 saturated heterocycles. The van der Waals surface area contributed by atoms with E-state index in [0.29, 0.717) is 26.1 Å². The Morgan fingerprint density at radius 2 is 1.67 bits per heavy atom. The van der Waals surface area contributed by atoms with Crippen molar-refractivity contribution in [3.63, 3.8) is 0 Å². The van der Waals surface area contributed by atoms with Gasteiger partial charge in [0.1, 0.15) is 5.82 Å². The lowest BCUT2D eigenvalue weighted by Gasteiger charge is -2.40. The number of ether oxygens (including phenoxy) is 1. The van der Waals surface area contributed by atoms with E-state index in [1.165, 1.54) is 37.8 Å². The normalized spacial score (nSPS) is 24.8. The number of carbonyl (C=O) groups is 1. The second kappa shape index (κ2) is 8.27. The topological polar surface area (TPSA) is 41.6 Å². The van der Waals surface area contributed by atoms with Crippen molar-refractivity contribution in [1.82, 2.24) is 10.2 Å². The molecule has 1 aromatic rings. The van der Waals surface area contributed by atoms with Crippen molar-refractivity contribution >= 4 is 5.91 Å². The molecule has 1 N–H and O–H groups in total. The summed E-state index contributed by atoms with van der Waals surface area (Å²) in [5.74, 6) is -0.169. The number of piperidine rings is 1. The first-order valence-electron chi connectivity index (χ1n) is 10.6. The number of rotatable bonds is 4. The van der Waals surface area contributed by atoms with E-state index in [4.69, 9.17) is 4.74 Å². The van der Waals surface area contributed by atoms with Gasteiger partial charge in [0.25, 0.3) is 0 Å². The maximum absolute atomic E-state index is 13.4. The highest BCUT2D eigenvalue weighted by Crippen LogP contribution is 2.36. The molecule has 4 rings (SSSR count). The molecule has 1 amide bonds. The van der Waals surface area contributed by atoms with Gasteiger partial charge in [-0.2, -0.15) is 0 Å². The largest absolute Gasteiger partial charge is 0.381 e. The standard InChI is InChI=1S/C22H31FN2O2/c23-18-7-5-17(6-8-18)22(11-15-27-16-12-22)21(26)24-19-9-13-25(14-10-19)20-3-1-2-4-20/h5-8,19-20H,1-4,9-16H2,(H,24,26). The van der Waals surface area contributed by atoms with Crippen molar-refractivity contribution in [2.24, 2.45) is 0 Å². The van der Waals surface area contributed by atoms with Crippen molar-refractivity contribution in [2.75, 3.05) is 26.3 Å². The second-order valence-corrected chi connectivity index (χ2v) is 8.42. The Morgan fingerprint density at radius 1 is 1.04 bits per heavy atom. The van der Waals surface area contributed by atoms with Gasteiger partial charge in [-0.3, -0.25) is 4.79 Å². The number of carbonyl (C=O) groups excluding carboxylic acids is 1.